The van der Waals surface area contributed by atoms with E-state index in [4.69, 9.17) is 4.74 Å². The first-order valence-corrected chi connectivity index (χ1v) is 5.48. The first-order valence-electron chi connectivity index (χ1n) is 5.48. The first kappa shape index (κ1) is 12.6. The van der Waals surface area contributed by atoms with Crippen LogP contribution in [0.3, 0.4) is 0 Å². The lowest BCUT2D eigenvalue weighted by atomic mass is 10.2. The molecule has 0 fully saturated rings. The quantitative estimate of drug-likeness (QED) is 0.548. The monoisotopic (exact) mass is 222 g/mol. The van der Waals surface area contributed by atoms with Crippen LogP contribution in [0.2, 0.25) is 0 Å². The third-order valence-corrected chi connectivity index (χ3v) is 2.29. The van der Waals surface area contributed by atoms with Gasteiger partial charge in [0, 0.05) is 6.42 Å². The van der Waals surface area contributed by atoms with Gasteiger partial charge in [-0.2, -0.15) is 0 Å². The van der Waals surface area contributed by atoms with Crippen LogP contribution in [0, 0.1) is 6.92 Å². The van der Waals surface area contributed by atoms with Crippen molar-refractivity contribution in [3.63, 3.8) is 0 Å². The molecule has 0 aromatic heterocycles. The Morgan fingerprint density at radius 2 is 1.88 bits per heavy atom. The molecule has 0 N–H and O–H groups in total. The van der Waals surface area contributed by atoms with Gasteiger partial charge in [0.15, 0.2) is 0 Å². The maximum Gasteiger partial charge on any atom is 0.305 e. The van der Waals surface area contributed by atoms with E-state index in [-0.39, 0.29) is 5.97 Å². The molecule has 1 aromatic rings. The predicted octanol–water partition coefficient (Wildman–Crippen LogP) is 2.72. The molecule has 16 heavy (non-hydrogen) atoms. The van der Waals surface area contributed by atoms with Gasteiger partial charge in [-0.25, -0.2) is 0 Å². The van der Waals surface area contributed by atoms with Crippen molar-refractivity contribution in [3.8, 4) is 5.75 Å². The number of hydrogen-bond donors (Lipinski definition) is 0. The van der Waals surface area contributed by atoms with Gasteiger partial charge in [0.2, 0.25) is 0 Å². The zero-order valence-corrected chi connectivity index (χ0v) is 9.86. The third-order valence-electron chi connectivity index (χ3n) is 2.29. The Labute approximate surface area is 96.4 Å². The number of carbonyl (C=O) groups is 1. The van der Waals surface area contributed by atoms with Gasteiger partial charge in [-0.3, -0.25) is 4.79 Å². The van der Waals surface area contributed by atoms with E-state index in [0.29, 0.717) is 13.0 Å². The summed E-state index contributed by atoms with van der Waals surface area (Å²) >= 11 is 0. The van der Waals surface area contributed by atoms with E-state index in [0.717, 1.165) is 18.6 Å². The molecule has 0 radical (unpaired) electrons. The van der Waals surface area contributed by atoms with Crippen molar-refractivity contribution in [1.29, 1.82) is 0 Å². The standard InChI is InChI=1S/C13H18O3/c1-11-6-8-12(9-7-11)16-10-4-3-5-13(14)15-2/h6-9H,3-5,10H2,1-2H3. The highest BCUT2D eigenvalue weighted by atomic mass is 16.5. The van der Waals surface area contributed by atoms with Crippen molar-refractivity contribution in [2.24, 2.45) is 0 Å². The van der Waals surface area contributed by atoms with Crippen molar-refractivity contribution in [3.05, 3.63) is 29.8 Å². The minimum Gasteiger partial charge on any atom is -0.494 e. The Morgan fingerprint density at radius 1 is 1.19 bits per heavy atom. The van der Waals surface area contributed by atoms with Crippen LogP contribution in [-0.4, -0.2) is 19.7 Å². The van der Waals surface area contributed by atoms with Gasteiger partial charge >= 0.3 is 5.97 Å². The number of ether oxygens (including phenoxy) is 2. The molecular weight excluding hydrogens is 204 g/mol. The second-order valence-corrected chi connectivity index (χ2v) is 3.69. The van der Waals surface area contributed by atoms with Gasteiger partial charge in [-0.15, -0.1) is 0 Å². The highest BCUT2D eigenvalue weighted by molar-refractivity contribution is 5.68. The number of rotatable bonds is 6. The molecule has 0 amide bonds. The summed E-state index contributed by atoms with van der Waals surface area (Å²) in [7, 11) is 1.41. The molecule has 1 aromatic carbocycles. The molecule has 1 rings (SSSR count). The summed E-state index contributed by atoms with van der Waals surface area (Å²) < 4.78 is 10.1. The molecule has 0 aliphatic carbocycles. The number of hydrogen-bond acceptors (Lipinski definition) is 3. The van der Waals surface area contributed by atoms with E-state index >= 15 is 0 Å². The largest absolute Gasteiger partial charge is 0.494 e. The SMILES string of the molecule is COC(=O)CCCCOc1ccc(C)cc1. The topological polar surface area (TPSA) is 35.5 Å². The normalized spacial score (nSPS) is 9.88. The maximum atomic E-state index is 10.8. The Bertz CT molecular complexity index is 316. The summed E-state index contributed by atoms with van der Waals surface area (Å²) in [5, 5.41) is 0. The Hall–Kier alpha value is -1.51. The Kier molecular flexibility index (Phi) is 5.40. The smallest absolute Gasteiger partial charge is 0.305 e. The summed E-state index contributed by atoms with van der Waals surface area (Å²) in [6.07, 6.45) is 2.13. The molecule has 88 valence electrons. The molecular formula is C13H18O3. The molecule has 0 bridgehead atoms. The lowest BCUT2D eigenvalue weighted by Crippen LogP contribution is -2.02. The molecule has 0 saturated carbocycles. The van der Waals surface area contributed by atoms with Crippen LogP contribution in [-0.2, 0) is 9.53 Å². The van der Waals surface area contributed by atoms with E-state index in [1.165, 1.54) is 12.7 Å². The lowest BCUT2D eigenvalue weighted by Gasteiger charge is -2.05. The summed E-state index contributed by atoms with van der Waals surface area (Å²) in [5.41, 5.74) is 1.22. The van der Waals surface area contributed by atoms with Gasteiger partial charge in [-0.05, 0) is 31.9 Å². The molecule has 0 atom stereocenters. The van der Waals surface area contributed by atoms with Gasteiger partial charge in [0.05, 0.1) is 13.7 Å². The van der Waals surface area contributed by atoms with E-state index in [1.807, 2.05) is 31.2 Å². The molecule has 0 aliphatic heterocycles. The van der Waals surface area contributed by atoms with Crippen LogP contribution < -0.4 is 4.74 Å². The predicted molar refractivity (Wildman–Crippen MR) is 62.5 cm³/mol. The highest BCUT2D eigenvalue weighted by Crippen LogP contribution is 2.12. The Morgan fingerprint density at radius 3 is 2.50 bits per heavy atom. The van der Waals surface area contributed by atoms with E-state index in [9.17, 15) is 4.79 Å². The van der Waals surface area contributed by atoms with Gasteiger partial charge < -0.3 is 9.47 Å². The number of methoxy groups -OCH3 is 1. The van der Waals surface area contributed by atoms with E-state index in [1.54, 1.807) is 0 Å². The van der Waals surface area contributed by atoms with E-state index < -0.39 is 0 Å². The van der Waals surface area contributed by atoms with Crippen molar-refractivity contribution in [1.82, 2.24) is 0 Å². The van der Waals surface area contributed by atoms with Crippen LogP contribution in [0.5, 0.6) is 5.75 Å². The molecule has 0 heterocycles. The van der Waals surface area contributed by atoms with Crippen molar-refractivity contribution in [2.45, 2.75) is 26.2 Å². The van der Waals surface area contributed by atoms with Crippen molar-refractivity contribution in [2.75, 3.05) is 13.7 Å². The first-order chi connectivity index (χ1) is 7.72. The van der Waals surface area contributed by atoms with Crippen molar-refractivity contribution >= 4 is 5.97 Å². The van der Waals surface area contributed by atoms with Gasteiger partial charge in [-0.1, -0.05) is 17.7 Å². The van der Waals surface area contributed by atoms with Crippen LogP contribution in [0.4, 0.5) is 0 Å². The molecule has 0 unspecified atom stereocenters. The summed E-state index contributed by atoms with van der Waals surface area (Å²) in [6, 6.07) is 7.94. The number of carbonyl (C=O) groups excluding carboxylic acids is 1. The number of esters is 1. The zero-order chi connectivity index (χ0) is 11.8. The van der Waals surface area contributed by atoms with E-state index in [2.05, 4.69) is 4.74 Å². The number of aryl methyl sites for hydroxylation is 1. The van der Waals surface area contributed by atoms with Crippen LogP contribution in [0.15, 0.2) is 24.3 Å². The maximum absolute atomic E-state index is 10.8. The Balaban J connectivity index is 2.11. The highest BCUT2D eigenvalue weighted by Gasteiger charge is 1.99. The summed E-state index contributed by atoms with van der Waals surface area (Å²) in [6.45, 7) is 2.68. The van der Waals surface area contributed by atoms with Crippen LogP contribution in [0.25, 0.3) is 0 Å². The fraction of sp³-hybridized carbons (Fsp3) is 0.462. The fourth-order valence-corrected chi connectivity index (χ4v) is 1.30. The molecule has 0 spiro atoms. The average molecular weight is 222 g/mol. The minimum absolute atomic E-state index is 0.157. The van der Waals surface area contributed by atoms with Crippen LogP contribution in [0.1, 0.15) is 24.8 Å². The zero-order valence-electron chi connectivity index (χ0n) is 9.86. The fourth-order valence-electron chi connectivity index (χ4n) is 1.30. The average Bonchev–Trinajstić information content (AvgIpc) is 2.31. The number of unbranched alkanes of at least 4 members (excludes halogenated alkanes) is 1. The van der Waals surface area contributed by atoms with Crippen molar-refractivity contribution < 1.29 is 14.3 Å². The third kappa shape index (κ3) is 4.82. The van der Waals surface area contributed by atoms with Crippen LogP contribution >= 0.6 is 0 Å². The lowest BCUT2D eigenvalue weighted by molar-refractivity contribution is -0.140. The summed E-state index contributed by atoms with van der Waals surface area (Å²) in [5.74, 6) is 0.721. The minimum atomic E-state index is -0.157. The number of benzene rings is 1. The summed E-state index contributed by atoms with van der Waals surface area (Å²) in [4.78, 5) is 10.8. The molecule has 0 aliphatic rings. The molecule has 0 saturated heterocycles. The molecule has 3 nitrogen and oxygen atoms in total. The second kappa shape index (κ2) is 6.88. The van der Waals surface area contributed by atoms with Gasteiger partial charge in [0.25, 0.3) is 0 Å². The van der Waals surface area contributed by atoms with Gasteiger partial charge in [0.1, 0.15) is 5.75 Å². The second-order valence-electron chi connectivity index (χ2n) is 3.69. The molecule has 3 heteroatoms.